The molecule has 1 aromatic heterocycles. The molecule has 0 radical (unpaired) electrons. The van der Waals surface area contributed by atoms with Crippen molar-refractivity contribution in [2.45, 2.75) is 24.5 Å². The predicted molar refractivity (Wildman–Crippen MR) is 115 cm³/mol. The van der Waals surface area contributed by atoms with E-state index in [9.17, 15) is 22.0 Å². The Kier molecular flexibility index (Phi) is 6.08. The molecule has 4 rings (SSSR count). The van der Waals surface area contributed by atoms with Gasteiger partial charge in [-0.15, -0.1) is 0 Å². The van der Waals surface area contributed by atoms with Gasteiger partial charge in [-0.25, -0.2) is 32.1 Å². The number of morpholine rings is 1. The molecule has 0 saturated carbocycles. The topological polar surface area (TPSA) is 117 Å². The van der Waals surface area contributed by atoms with Crippen LogP contribution in [0.3, 0.4) is 0 Å². The minimum Gasteiger partial charge on any atom is -0.453 e. The molecule has 0 bridgehead atoms. The van der Waals surface area contributed by atoms with Gasteiger partial charge in [0.2, 0.25) is 10.0 Å². The van der Waals surface area contributed by atoms with Crippen molar-refractivity contribution in [2.24, 2.45) is 5.14 Å². The highest BCUT2D eigenvalue weighted by Gasteiger charge is 2.28. The molecule has 0 unspecified atom stereocenters. The lowest BCUT2D eigenvalue weighted by atomic mass is 10.1. The van der Waals surface area contributed by atoms with Crippen LogP contribution in [0.25, 0.3) is 22.4 Å². The average Bonchev–Trinajstić information content (AvgIpc) is 3.09. The van der Waals surface area contributed by atoms with E-state index >= 15 is 0 Å². The van der Waals surface area contributed by atoms with E-state index in [1.807, 2.05) is 13.0 Å². The van der Waals surface area contributed by atoms with Crippen LogP contribution < -0.4 is 5.14 Å². The van der Waals surface area contributed by atoms with Gasteiger partial charge < -0.3 is 18.9 Å². The first-order chi connectivity index (χ1) is 15.6. The Hall–Kier alpha value is -3.09. The van der Waals surface area contributed by atoms with Gasteiger partial charge >= 0.3 is 6.09 Å². The number of hydrogen-bond donors (Lipinski definition) is 1. The van der Waals surface area contributed by atoms with Gasteiger partial charge in [-0.2, -0.15) is 0 Å². The summed E-state index contributed by atoms with van der Waals surface area (Å²) in [6.07, 6.45) is -0.990. The lowest BCUT2D eigenvalue weighted by Crippen LogP contribution is -2.47. The Balaban J connectivity index is 1.82. The second-order valence-corrected chi connectivity index (χ2v) is 9.32. The Morgan fingerprint density at radius 2 is 1.97 bits per heavy atom. The maximum absolute atomic E-state index is 15.0. The molecule has 12 heteroatoms. The predicted octanol–water partition coefficient (Wildman–Crippen LogP) is 2.40. The minimum absolute atomic E-state index is 0.0367. The molecule has 1 amide bonds. The first-order valence-electron chi connectivity index (χ1n) is 10.0. The van der Waals surface area contributed by atoms with Crippen molar-refractivity contribution in [3.63, 3.8) is 0 Å². The molecular formula is C21H22F2N4O5S. The number of methoxy groups -OCH3 is 1. The third-order valence-corrected chi connectivity index (χ3v) is 6.32. The first kappa shape index (κ1) is 23.1. The van der Waals surface area contributed by atoms with Crippen LogP contribution in [0, 0.1) is 18.6 Å². The number of carbonyl (C=O) groups is 1. The standard InChI is InChI=1S/C21H22F2N4O5S/c1-12-3-4-18-17(7-12)25-20(19-15(22)8-14(9-16(19)23)33(24,29)30)27(18)11-13-10-26(5-6-32-13)21(28)31-2/h3-4,7-9,13H,5-6,10-11H2,1-2H3,(H2,24,29,30)/t13-/m1/s1. The monoisotopic (exact) mass is 480 g/mol. The molecule has 33 heavy (non-hydrogen) atoms. The fraction of sp³-hybridized carbons (Fsp3) is 0.333. The number of halogens is 2. The molecule has 1 aliphatic heterocycles. The van der Waals surface area contributed by atoms with Gasteiger partial charge in [0, 0.05) is 6.54 Å². The Morgan fingerprint density at radius 1 is 1.27 bits per heavy atom. The Morgan fingerprint density at radius 3 is 2.61 bits per heavy atom. The smallest absolute Gasteiger partial charge is 0.409 e. The van der Waals surface area contributed by atoms with Crippen LogP contribution in [0.2, 0.25) is 0 Å². The summed E-state index contributed by atoms with van der Waals surface area (Å²) in [5, 5.41) is 5.02. The van der Waals surface area contributed by atoms with Crippen molar-refractivity contribution in [3.8, 4) is 11.4 Å². The summed E-state index contributed by atoms with van der Waals surface area (Å²) in [6.45, 7) is 2.84. The molecular weight excluding hydrogens is 458 g/mol. The molecule has 1 saturated heterocycles. The second-order valence-electron chi connectivity index (χ2n) is 7.75. The molecule has 3 aromatic rings. The normalized spacial score (nSPS) is 16.9. The largest absolute Gasteiger partial charge is 0.453 e. The first-order valence-corrected chi connectivity index (χ1v) is 11.6. The third-order valence-electron chi connectivity index (χ3n) is 5.43. The van der Waals surface area contributed by atoms with Crippen molar-refractivity contribution in [2.75, 3.05) is 26.8 Å². The third kappa shape index (κ3) is 4.54. The molecule has 1 aliphatic rings. The maximum atomic E-state index is 15.0. The van der Waals surface area contributed by atoms with E-state index in [1.165, 1.54) is 12.0 Å². The number of sulfonamides is 1. The molecule has 2 aromatic carbocycles. The van der Waals surface area contributed by atoms with Crippen molar-refractivity contribution >= 4 is 27.1 Å². The Bertz CT molecular complexity index is 1320. The highest BCUT2D eigenvalue weighted by molar-refractivity contribution is 7.89. The average molecular weight is 480 g/mol. The molecule has 1 atom stereocenters. The number of amides is 1. The van der Waals surface area contributed by atoms with E-state index in [-0.39, 0.29) is 25.5 Å². The van der Waals surface area contributed by atoms with Crippen LogP contribution in [0.5, 0.6) is 0 Å². The van der Waals surface area contributed by atoms with Gasteiger partial charge in [0.05, 0.1) is 54.4 Å². The van der Waals surface area contributed by atoms with Gasteiger partial charge in [0.1, 0.15) is 17.5 Å². The quantitative estimate of drug-likeness (QED) is 0.613. The summed E-state index contributed by atoms with van der Waals surface area (Å²) in [7, 11) is -3.02. The summed E-state index contributed by atoms with van der Waals surface area (Å²) in [5.41, 5.74) is 1.51. The number of fused-ring (bicyclic) bond motifs is 1. The van der Waals surface area contributed by atoms with Crippen molar-refractivity contribution in [3.05, 3.63) is 47.5 Å². The highest BCUT2D eigenvalue weighted by atomic mass is 32.2. The SMILES string of the molecule is COC(=O)N1CCO[C@@H](Cn2c(-c3c(F)cc(S(N)(=O)=O)cc3F)nc3cc(C)ccc32)C1. The number of primary sulfonamides is 1. The summed E-state index contributed by atoms with van der Waals surface area (Å²) in [6, 6.07) is 6.71. The number of aromatic nitrogens is 2. The zero-order valence-corrected chi connectivity index (χ0v) is 18.7. The number of nitrogens with zero attached hydrogens (tertiary/aromatic N) is 3. The van der Waals surface area contributed by atoms with Gasteiger partial charge in [-0.3, -0.25) is 0 Å². The molecule has 176 valence electrons. The summed E-state index contributed by atoms with van der Waals surface area (Å²) >= 11 is 0. The number of aryl methyl sites for hydroxylation is 1. The lowest BCUT2D eigenvalue weighted by molar-refractivity contribution is -0.0310. The summed E-state index contributed by atoms with van der Waals surface area (Å²) in [4.78, 5) is 17.2. The van der Waals surface area contributed by atoms with Crippen molar-refractivity contribution < 1.29 is 31.5 Å². The van der Waals surface area contributed by atoms with E-state index in [0.29, 0.717) is 29.7 Å². The van der Waals surface area contributed by atoms with Crippen LogP contribution >= 0.6 is 0 Å². The highest BCUT2D eigenvalue weighted by Crippen LogP contribution is 2.32. The van der Waals surface area contributed by atoms with Gasteiger partial charge in [-0.1, -0.05) is 6.07 Å². The number of hydrogen-bond acceptors (Lipinski definition) is 6. The number of imidazole rings is 1. The molecule has 0 aliphatic carbocycles. The number of carbonyl (C=O) groups excluding carboxylic acids is 1. The van der Waals surface area contributed by atoms with Crippen LogP contribution in [-0.4, -0.2) is 61.9 Å². The van der Waals surface area contributed by atoms with Gasteiger partial charge in [-0.05, 0) is 36.8 Å². The van der Waals surface area contributed by atoms with E-state index in [1.54, 1.807) is 16.7 Å². The number of ether oxygens (including phenoxy) is 2. The number of nitrogens with two attached hydrogens (primary N) is 1. The van der Waals surface area contributed by atoms with E-state index in [0.717, 1.165) is 5.56 Å². The van der Waals surface area contributed by atoms with Crippen molar-refractivity contribution in [1.29, 1.82) is 0 Å². The molecule has 1 fully saturated rings. The minimum atomic E-state index is -4.30. The number of benzene rings is 2. The van der Waals surface area contributed by atoms with Crippen LogP contribution in [0.15, 0.2) is 35.2 Å². The summed E-state index contributed by atoms with van der Waals surface area (Å²) in [5.74, 6) is -2.27. The van der Waals surface area contributed by atoms with Crippen molar-refractivity contribution in [1.82, 2.24) is 14.5 Å². The van der Waals surface area contributed by atoms with E-state index < -0.39 is 44.3 Å². The van der Waals surface area contributed by atoms with Gasteiger partial charge in [0.15, 0.2) is 0 Å². The molecule has 0 spiro atoms. The fourth-order valence-corrected chi connectivity index (χ4v) is 4.41. The number of rotatable bonds is 4. The maximum Gasteiger partial charge on any atom is 0.409 e. The zero-order valence-electron chi connectivity index (χ0n) is 17.9. The molecule has 2 heterocycles. The van der Waals surface area contributed by atoms with Crippen LogP contribution in [-0.2, 0) is 26.0 Å². The van der Waals surface area contributed by atoms with E-state index in [2.05, 4.69) is 4.98 Å². The van der Waals surface area contributed by atoms with Crippen LogP contribution in [0.4, 0.5) is 13.6 Å². The second kappa shape index (κ2) is 8.69. The lowest BCUT2D eigenvalue weighted by Gasteiger charge is -2.32. The Labute approximate surface area is 188 Å². The molecule has 9 nitrogen and oxygen atoms in total. The molecule has 2 N–H and O–H groups in total. The van der Waals surface area contributed by atoms with E-state index in [4.69, 9.17) is 14.6 Å². The fourth-order valence-electron chi connectivity index (χ4n) is 3.87. The zero-order chi connectivity index (χ0) is 23.9. The van der Waals surface area contributed by atoms with Gasteiger partial charge in [0.25, 0.3) is 0 Å². The van der Waals surface area contributed by atoms with Crippen LogP contribution in [0.1, 0.15) is 5.56 Å². The summed E-state index contributed by atoms with van der Waals surface area (Å²) < 4.78 is 65.3.